The van der Waals surface area contributed by atoms with Gasteiger partial charge in [-0.3, -0.25) is 33.6 Å². The van der Waals surface area contributed by atoms with Gasteiger partial charge in [-0.15, -0.1) is 0 Å². The highest BCUT2D eigenvalue weighted by Crippen LogP contribution is 2.06. The molecule has 18 heteroatoms. The summed E-state index contributed by atoms with van der Waals surface area (Å²) < 4.78 is 0. The summed E-state index contributed by atoms with van der Waals surface area (Å²) in [6, 6.07) is -5.36. The highest BCUT2D eigenvalue weighted by molar-refractivity contribution is 5.96. The van der Waals surface area contributed by atoms with Crippen molar-refractivity contribution in [2.24, 2.45) is 17.2 Å². The Hall–Kier alpha value is -4.58. The van der Waals surface area contributed by atoms with Gasteiger partial charge < -0.3 is 53.7 Å². The molecule has 41 heavy (non-hydrogen) atoms. The third-order valence-electron chi connectivity index (χ3n) is 5.66. The van der Waals surface area contributed by atoms with E-state index in [-0.39, 0.29) is 25.7 Å². The van der Waals surface area contributed by atoms with Gasteiger partial charge in [-0.2, -0.15) is 0 Å². The number of aromatic nitrogens is 2. The molecule has 0 aliphatic rings. The van der Waals surface area contributed by atoms with Crippen LogP contribution in [0, 0.1) is 0 Å². The second-order valence-corrected chi connectivity index (χ2v) is 9.07. The normalized spacial score (nSPS) is 13.6. The summed E-state index contributed by atoms with van der Waals surface area (Å²) in [4.78, 5) is 91.1. The average Bonchev–Trinajstić information content (AvgIpc) is 3.41. The Morgan fingerprint density at radius 1 is 0.854 bits per heavy atom. The van der Waals surface area contributed by atoms with Crippen molar-refractivity contribution in [3.63, 3.8) is 0 Å². The topological polar surface area (TPSA) is 315 Å². The molecule has 1 aromatic heterocycles. The van der Waals surface area contributed by atoms with Gasteiger partial charge in [-0.05, 0) is 32.2 Å². The molecule has 5 amide bonds. The van der Waals surface area contributed by atoms with Crippen LogP contribution >= 0.6 is 0 Å². The van der Waals surface area contributed by atoms with Gasteiger partial charge in [-0.1, -0.05) is 0 Å². The van der Waals surface area contributed by atoms with Crippen molar-refractivity contribution in [3.8, 4) is 0 Å². The predicted molar refractivity (Wildman–Crippen MR) is 140 cm³/mol. The van der Waals surface area contributed by atoms with E-state index in [2.05, 4.69) is 25.9 Å². The first kappa shape index (κ1) is 34.4. The third kappa shape index (κ3) is 13.9. The third-order valence-corrected chi connectivity index (χ3v) is 5.66. The molecule has 1 rings (SSSR count). The number of hydrogen-bond acceptors (Lipinski definition) is 10. The summed E-state index contributed by atoms with van der Waals surface area (Å²) in [5.41, 5.74) is 16.8. The number of primary amides is 1. The monoisotopic (exact) mass is 583 g/mol. The molecule has 0 fully saturated rings. The molecule has 0 aliphatic heterocycles. The largest absolute Gasteiger partial charge is 0.481 e. The molecular weight excluding hydrogens is 546 g/mol. The summed E-state index contributed by atoms with van der Waals surface area (Å²) in [6.45, 7) is -0.495. The number of carboxylic acids is 2. The number of aromatic amines is 1. The first-order valence-electron chi connectivity index (χ1n) is 12.7. The van der Waals surface area contributed by atoms with E-state index in [9.17, 15) is 38.7 Å². The fourth-order valence-electron chi connectivity index (χ4n) is 3.51. The number of carboxylic acid groups (broad SMARTS) is 2. The summed E-state index contributed by atoms with van der Waals surface area (Å²) in [7, 11) is 0. The second kappa shape index (κ2) is 17.9. The Morgan fingerprint density at radius 2 is 1.49 bits per heavy atom. The maximum absolute atomic E-state index is 13.3. The number of nitrogens with one attached hydrogen (secondary N) is 5. The molecule has 0 aromatic carbocycles. The smallest absolute Gasteiger partial charge is 0.322 e. The van der Waals surface area contributed by atoms with Crippen LogP contribution in [-0.4, -0.2) is 98.9 Å². The Bertz CT molecular complexity index is 1070. The van der Waals surface area contributed by atoms with Crippen molar-refractivity contribution in [2.75, 3.05) is 13.1 Å². The molecule has 228 valence electrons. The average molecular weight is 584 g/mol. The van der Waals surface area contributed by atoms with Gasteiger partial charge in [0.05, 0.1) is 18.8 Å². The number of carbonyl (C=O) groups excluding carboxylic acids is 5. The fraction of sp³-hybridized carbons (Fsp3) is 0.565. The second-order valence-electron chi connectivity index (χ2n) is 9.07. The Balaban J connectivity index is 3.13. The quantitative estimate of drug-likeness (QED) is 0.0653. The number of hydrogen-bond donors (Lipinski definition) is 10. The van der Waals surface area contributed by atoms with Gasteiger partial charge >= 0.3 is 11.9 Å². The van der Waals surface area contributed by atoms with E-state index in [1.54, 1.807) is 0 Å². The highest BCUT2D eigenvalue weighted by atomic mass is 16.4. The lowest BCUT2D eigenvalue weighted by Gasteiger charge is -2.25. The number of nitrogens with two attached hydrogens (primary N) is 3. The molecule has 0 aliphatic carbocycles. The number of amides is 5. The molecule has 0 bridgehead atoms. The molecule has 0 saturated heterocycles. The van der Waals surface area contributed by atoms with E-state index in [4.69, 9.17) is 22.3 Å². The van der Waals surface area contributed by atoms with E-state index in [1.165, 1.54) is 12.5 Å². The Labute approximate surface area is 234 Å². The summed E-state index contributed by atoms with van der Waals surface area (Å²) in [5, 5.41) is 27.2. The minimum Gasteiger partial charge on any atom is -0.481 e. The fourth-order valence-corrected chi connectivity index (χ4v) is 3.51. The van der Waals surface area contributed by atoms with Gasteiger partial charge in [0, 0.05) is 24.7 Å². The zero-order valence-corrected chi connectivity index (χ0v) is 22.3. The summed E-state index contributed by atoms with van der Waals surface area (Å²) in [5.74, 6) is -7.05. The molecular formula is C23H37N9O9. The zero-order chi connectivity index (χ0) is 30.9. The maximum Gasteiger partial charge on any atom is 0.322 e. The molecule has 0 saturated carbocycles. The van der Waals surface area contributed by atoms with Crippen LogP contribution in [0.4, 0.5) is 0 Å². The maximum atomic E-state index is 13.3. The lowest BCUT2D eigenvalue weighted by atomic mass is 10.0. The van der Waals surface area contributed by atoms with Crippen molar-refractivity contribution < 1.29 is 43.8 Å². The van der Waals surface area contributed by atoms with Crippen molar-refractivity contribution in [1.29, 1.82) is 0 Å². The van der Waals surface area contributed by atoms with Gasteiger partial charge in [0.1, 0.15) is 24.7 Å². The molecule has 1 heterocycles. The standard InChI is InChI=1S/C23H37N9O9/c24-6-2-1-3-14(30-20(38)13(25)4-5-17(26)33)22(40)31-15(7-12-9-27-11-29-12)23(41)32-16(8-18(34)35)21(39)28-10-19(36)37/h9,11,13-16H,1-8,10,24-25H2,(H2,26,33)(H,27,29)(H,28,39)(H,30,38)(H,31,40)(H,32,41)(H,34,35)(H,36,37)/t13-,14-,15-,16-/m0/s1. The van der Waals surface area contributed by atoms with Crippen LogP contribution in [0.5, 0.6) is 0 Å². The molecule has 18 nitrogen and oxygen atoms in total. The molecule has 0 radical (unpaired) electrons. The van der Waals surface area contributed by atoms with Crippen molar-refractivity contribution in [3.05, 3.63) is 18.2 Å². The lowest BCUT2D eigenvalue weighted by Crippen LogP contribution is -2.58. The molecule has 0 unspecified atom stereocenters. The Morgan fingerprint density at radius 3 is 2.05 bits per heavy atom. The number of rotatable bonds is 20. The minimum atomic E-state index is -1.66. The summed E-state index contributed by atoms with van der Waals surface area (Å²) in [6.07, 6.45) is 2.51. The first-order valence-corrected chi connectivity index (χ1v) is 12.7. The lowest BCUT2D eigenvalue weighted by molar-refractivity contribution is -0.141. The highest BCUT2D eigenvalue weighted by Gasteiger charge is 2.31. The molecule has 13 N–H and O–H groups in total. The van der Waals surface area contributed by atoms with Crippen LogP contribution in [0.2, 0.25) is 0 Å². The Kier molecular flexibility index (Phi) is 15.0. The van der Waals surface area contributed by atoms with Crippen LogP contribution in [0.1, 0.15) is 44.2 Å². The zero-order valence-electron chi connectivity index (χ0n) is 22.3. The van der Waals surface area contributed by atoms with Gasteiger partial charge in [0.2, 0.25) is 29.5 Å². The van der Waals surface area contributed by atoms with Crippen LogP contribution in [-0.2, 0) is 40.0 Å². The first-order chi connectivity index (χ1) is 19.3. The van der Waals surface area contributed by atoms with Crippen LogP contribution in [0.3, 0.4) is 0 Å². The van der Waals surface area contributed by atoms with E-state index in [0.29, 0.717) is 25.1 Å². The van der Waals surface area contributed by atoms with E-state index in [0.717, 1.165) is 0 Å². The predicted octanol–water partition coefficient (Wildman–Crippen LogP) is -4.20. The van der Waals surface area contributed by atoms with Gasteiger partial charge in [-0.25, -0.2) is 4.98 Å². The van der Waals surface area contributed by atoms with Crippen molar-refractivity contribution in [1.82, 2.24) is 31.2 Å². The van der Waals surface area contributed by atoms with Gasteiger partial charge in [0.25, 0.3) is 0 Å². The van der Waals surface area contributed by atoms with Gasteiger partial charge in [0.15, 0.2) is 0 Å². The molecule has 0 spiro atoms. The van der Waals surface area contributed by atoms with Crippen LogP contribution in [0.15, 0.2) is 12.5 Å². The van der Waals surface area contributed by atoms with E-state index in [1.807, 2.05) is 5.32 Å². The van der Waals surface area contributed by atoms with Crippen molar-refractivity contribution >= 4 is 41.5 Å². The number of imidazole rings is 1. The number of aliphatic carboxylic acids is 2. The van der Waals surface area contributed by atoms with E-state index < -0.39 is 78.6 Å². The summed E-state index contributed by atoms with van der Waals surface area (Å²) >= 11 is 0. The number of nitrogens with zero attached hydrogens (tertiary/aromatic N) is 1. The SMILES string of the molecule is NCCCC[C@H](NC(=O)[C@@H](N)CCC(N)=O)C(=O)N[C@@H](Cc1cnc[nH]1)C(=O)N[C@@H](CC(=O)O)C(=O)NCC(=O)O. The van der Waals surface area contributed by atoms with Crippen LogP contribution in [0.25, 0.3) is 0 Å². The minimum absolute atomic E-state index is 0.0575. The van der Waals surface area contributed by atoms with E-state index >= 15 is 0 Å². The van der Waals surface area contributed by atoms with Crippen molar-refractivity contribution in [2.45, 2.75) is 69.1 Å². The molecule has 4 atom stereocenters. The number of carbonyl (C=O) groups is 7. The number of H-pyrrole nitrogens is 1. The van der Waals surface area contributed by atoms with Crippen LogP contribution < -0.4 is 38.5 Å². The number of unbranched alkanes of at least 4 members (excludes halogenated alkanes) is 1. The molecule has 1 aromatic rings.